The smallest absolute Gasteiger partial charge is 0.271 e. The molecule has 0 heterocycles. The largest absolute Gasteiger partial charge is 0.484 e. The Balaban J connectivity index is 1.51. The molecule has 0 aliphatic heterocycles. The second-order valence-electron chi connectivity index (χ2n) is 7.01. The molecule has 0 saturated heterocycles. The first-order valence-electron chi connectivity index (χ1n) is 9.71. The molecular weight excluding hydrogens is 494 g/mol. The van der Waals surface area contributed by atoms with E-state index in [1.54, 1.807) is 42.6 Å². The van der Waals surface area contributed by atoms with Crippen LogP contribution >= 0.6 is 27.5 Å². The quantitative estimate of drug-likeness (QED) is 0.323. The number of amides is 2. The summed E-state index contributed by atoms with van der Waals surface area (Å²) in [4.78, 5) is 24.4. The summed E-state index contributed by atoms with van der Waals surface area (Å²) in [5, 5.41) is 7.39. The van der Waals surface area contributed by atoms with Gasteiger partial charge in [-0.25, -0.2) is 5.43 Å². The van der Waals surface area contributed by atoms with Crippen molar-refractivity contribution < 1.29 is 14.3 Å². The van der Waals surface area contributed by atoms with Crippen molar-refractivity contribution in [2.75, 3.05) is 11.9 Å². The molecule has 0 aliphatic rings. The van der Waals surface area contributed by atoms with Crippen molar-refractivity contribution in [2.24, 2.45) is 5.10 Å². The Morgan fingerprint density at radius 1 is 1.06 bits per heavy atom. The number of benzene rings is 3. The van der Waals surface area contributed by atoms with Gasteiger partial charge in [0.2, 0.25) is 0 Å². The Bertz CT molecular complexity index is 1140. The van der Waals surface area contributed by atoms with Crippen LogP contribution < -0.4 is 15.5 Å². The van der Waals surface area contributed by atoms with Gasteiger partial charge < -0.3 is 10.1 Å². The van der Waals surface area contributed by atoms with Crippen molar-refractivity contribution in [3.05, 3.63) is 92.4 Å². The highest BCUT2D eigenvalue weighted by Crippen LogP contribution is 2.25. The van der Waals surface area contributed by atoms with Crippen LogP contribution in [0, 0.1) is 13.8 Å². The van der Waals surface area contributed by atoms with E-state index in [-0.39, 0.29) is 18.4 Å². The average Bonchev–Trinajstić information content (AvgIpc) is 2.77. The maximum atomic E-state index is 12.2. The first-order valence-corrected chi connectivity index (χ1v) is 10.9. The molecule has 0 atom stereocenters. The predicted molar refractivity (Wildman–Crippen MR) is 131 cm³/mol. The van der Waals surface area contributed by atoms with Gasteiger partial charge in [-0.3, -0.25) is 9.59 Å². The van der Waals surface area contributed by atoms with Crippen molar-refractivity contribution in [2.45, 2.75) is 13.8 Å². The monoisotopic (exact) mass is 513 g/mol. The highest BCUT2D eigenvalue weighted by atomic mass is 79.9. The van der Waals surface area contributed by atoms with E-state index in [2.05, 4.69) is 31.8 Å². The Morgan fingerprint density at radius 2 is 1.72 bits per heavy atom. The zero-order chi connectivity index (χ0) is 23.1. The molecule has 8 heteroatoms. The number of ether oxygens (including phenoxy) is 1. The summed E-state index contributed by atoms with van der Waals surface area (Å²) in [6, 6.07) is 17.6. The number of hydrogen-bond donors (Lipinski definition) is 2. The standard InChI is InChI=1S/C24H21BrClN3O3/c1-15-11-20(12-16(2)23(15)26)32-14-22(30)28-19-9-7-17(8-10-19)24(31)29-27-13-18-5-3-4-6-21(18)25/h3-13H,14H2,1-2H3,(H,28,30)(H,29,31)/b27-13-. The van der Waals surface area contributed by atoms with Gasteiger partial charge in [0, 0.05) is 26.3 Å². The van der Waals surface area contributed by atoms with E-state index >= 15 is 0 Å². The number of aryl methyl sites for hydroxylation is 2. The summed E-state index contributed by atoms with van der Waals surface area (Å²) < 4.78 is 6.43. The van der Waals surface area contributed by atoms with E-state index in [0.717, 1.165) is 21.2 Å². The SMILES string of the molecule is Cc1cc(OCC(=O)Nc2ccc(C(=O)N/N=C\c3ccccc3Br)cc2)cc(C)c1Cl. The topological polar surface area (TPSA) is 79.8 Å². The molecular formula is C24H21BrClN3O3. The molecule has 3 aromatic rings. The number of carbonyl (C=O) groups is 2. The van der Waals surface area contributed by atoms with Crippen molar-refractivity contribution in [3.8, 4) is 5.75 Å². The van der Waals surface area contributed by atoms with Gasteiger partial charge in [0.05, 0.1) is 6.21 Å². The number of hydrogen-bond acceptors (Lipinski definition) is 4. The zero-order valence-electron chi connectivity index (χ0n) is 17.5. The van der Waals surface area contributed by atoms with Crippen molar-refractivity contribution in [1.29, 1.82) is 0 Å². The van der Waals surface area contributed by atoms with E-state index in [0.29, 0.717) is 22.0 Å². The lowest BCUT2D eigenvalue weighted by atomic mass is 10.1. The van der Waals surface area contributed by atoms with Gasteiger partial charge in [-0.2, -0.15) is 5.10 Å². The number of anilines is 1. The average molecular weight is 515 g/mol. The van der Waals surface area contributed by atoms with Crippen LogP contribution in [0.25, 0.3) is 0 Å². The van der Waals surface area contributed by atoms with Gasteiger partial charge in [-0.1, -0.05) is 45.7 Å². The van der Waals surface area contributed by atoms with Crippen LogP contribution in [0.4, 0.5) is 5.69 Å². The van der Waals surface area contributed by atoms with Crippen LogP contribution in [-0.4, -0.2) is 24.6 Å². The minimum atomic E-state index is -0.358. The molecule has 164 valence electrons. The number of hydrazone groups is 1. The van der Waals surface area contributed by atoms with Crippen LogP contribution in [-0.2, 0) is 4.79 Å². The molecule has 3 rings (SSSR count). The fourth-order valence-electron chi connectivity index (χ4n) is 2.85. The van der Waals surface area contributed by atoms with E-state index in [4.69, 9.17) is 16.3 Å². The van der Waals surface area contributed by atoms with Crippen LogP contribution in [0.3, 0.4) is 0 Å². The second kappa shape index (κ2) is 10.9. The van der Waals surface area contributed by atoms with Crippen molar-refractivity contribution >= 4 is 51.2 Å². The third-order valence-corrected chi connectivity index (χ3v) is 5.80. The Labute approximate surface area is 199 Å². The fourth-order valence-corrected chi connectivity index (χ4v) is 3.34. The van der Waals surface area contributed by atoms with Gasteiger partial charge in [0.1, 0.15) is 5.75 Å². The highest BCUT2D eigenvalue weighted by molar-refractivity contribution is 9.10. The minimum Gasteiger partial charge on any atom is -0.484 e. The number of halogens is 2. The molecule has 0 spiro atoms. The van der Waals surface area contributed by atoms with Crippen LogP contribution in [0.15, 0.2) is 70.2 Å². The summed E-state index contributed by atoms with van der Waals surface area (Å²) in [6.45, 7) is 3.62. The van der Waals surface area contributed by atoms with Crippen molar-refractivity contribution in [3.63, 3.8) is 0 Å². The Morgan fingerprint density at radius 3 is 2.38 bits per heavy atom. The van der Waals surface area contributed by atoms with E-state index in [9.17, 15) is 9.59 Å². The molecule has 0 fully saturated rings. The molecule has 0 aromatic heterocycles. The Kier molecular flexibility index (Phi) is 8.03. The second-order valence-corrected chi connectivity index (χ2v) is 8.24. The van der Waals surface area contributed by atoms with E-state index < -0.39 is 0 Å². The first kappa shape index (κ1) is 23.5. The van der Waals surface area contributed by atoms with Crippen LogP contribution in [0.1, 0.15) is 27.0 Å². The lowest BCUT2D eigenvalue weighted by molar-refractivity contribution is -0.118. The fraction of sp³-hybridized carbons (Fsp3) is 0.125. The zero-order valence-corrected chi connectivity index (χ0v) is 19.8. The summed E-state index contributed by atoms with van der Waals surface area (Å²) in [5.41, 5.74) is 6.06. The maximum Gasteiger partial charge on any atom is 0.271 e. The van der Waals surface area contributed by atoms with Crippen molar-refractivity contribution in [1.82, 2.24) is 5.43 Å². The third-order valence-electron chi connectivity index (χ3n) is 4.49. The van der Waals surface area contributed by atoms with Gasteiger partial charge in [-0.05, 0) is 67.4 Å². The molecule has 2 amide bonds. The number of rotatable bonds is 7. The summed E-state index contributed by atoms with van der Waals surface area (Å²) in [6.07, 6.45) is 1.56. The number of nitrogens with one attached hydrogen (secondary N) is 2. The molecule has 0 radical (unpaired) electrons. The van der Waals surface area contributed by atoms with Crippen LogP contribution in [0.5, 0.6) is 5.75 Å². The van der Waals surface area contributed by atoms with E-state index in [1.165, 1.54) is 0 Å². The normalized spacial score (nSPS) is 10.8. The molecule has 0 aliphatic carbocycles. The number of nitrogens with zero attached hydrogens (tertiary/aromatic N) is 1. The van der Waals surface area contributed by atoms with Gasteiger partial charge in [0.15, 0.2) is 6.61 Å². The Hall–Kier alpha value is -3.16. The summed E-state index contributed by atoms with van der Waals surface area (Å²) in [5.74, 6) is -0.0943. The van der Waals surface area contributed by atoms with Gasteiger partial charge in [0.25, 0.3) is 11.8 Å². The van der Waals surface area contributed by atoms with Gasteiger partial charge >= 0.3 is 0 Å². The van der Waals surface area contributed by atoms with Crippen LogP contribution in [0.2, 0.25) is 5.02 Å². The lowest BCUT2D eigenvalue weighted by Crippen LogP contribution is -2.20. The molecule has 2 N–H and O–H groups in total. The predicted octanol–water partition coefficient (Wildman–Crippen LogP) is 5.50. The summed E-state index contributed by atoms with van der Waals surface area (Å²) >= 11 is 9.56. The number of carbonyl (C=O) groups excluding carboxylic acids is 2. The van der Waals surface area contributed by atoms with E-state index in [1.807, 2.05) is 38.1 Å². The molecule has 3 aromatic carbocycles. The van der Waals surface area contributed by atoms with Gasteiger partial charge in [-0.15, -0.1) is 0 Å². The summed E-state index contributed by atoms with van der Waals surface area (Å²) in [7, 11) is 0. The molecule has 32 heavy (non-hydrogen) atoms. The lowest BCUT2D eigenvalue weighted by Gasteiger charge is -2.10. The molecule has 0 unspecified atom stereocenters. The third kappa shape index (κ3) is 6.42. The highest BCUT2D eigenvalue weighted by Gasteiger charge is 2.09. The molecule has 6 nitrogen and oxygen atoms in total. The maximum absolute atomic E-state index is 12.2. The molecule has 0 bridgehead atoms. The first-order chi connectivity index (χ1) is 15.3. The minimum absolute atomic E-state index is 0.146. The molecule has 0 saturated carbocycles.